The number of phenolic OH excluding ortho intramolecular Hbond substituents is 1. The predicted molar refractivity (Wildman–Crippen MR) is 210 cm³/mol. The van der Waals surface area contributed by atoms with Crippen molar-refractivity contribution in [3.63, 3.8) is 0 Å². The number of aryl methyl sites for hydroxylation is 1. The van der Waals surface area contributed by atoms with E-state index in [9.17, 15) is 29.7 Å². The zero-order valence-electron chi connectivity index (χ0n) is 29.2. The van der Waals surface area contributed by atoms with Gasteiger partial charge in [-0.05, 0) is 104 Å². The van der Waals surface area contributed by atoms with Crippen molar-refractivity contribution in [2.45, 2.75) is 69.0 Å². The highest BCUT2D eigenvalue weighted by Gasteiger charge is 2.45. The summed E-state index contributed by atoms with van der Waals surface area (Å²) in [5.74, 6) is -0.669. The van der Waals surface area contributed by atoms with Crippen LogP contribution >= 0.6 is 34.0 Å². The van der Waals surface area contributed by atoms with E-state index in [1.807, 2.05) is 45.7 Å². The van der Waals surface area contributed by atoms with E-state index in [-0.39, 0.29) is 28.8 Å². The van der Waals surface area contributed by atoms with Gasteiger partial charge in [-0.25, -0.2) is 4.79 Å². The van der Waals surface area contributed by atoms with Crippen LogP contribution in [-0.2, 0) is 28.2 Å². The van der Waals surface area contributed by atoms with Crippen molar-refractivity contribution >= 4 is 61.1 Å². The average Bonchev–Trinajstić information content (AvgIpc) is 3.95. The zero-order valence-corrected chi connectivity index (χ0v) is 31.6. The summed E-state index contributed by atoms with van der Waals surface area (Å²) < 4.78 is 8.69. The van der Waals surface area contributed by atoms with Crippen molar-refractivity contribution < 1.29 is 24.9 Å². The topological polar surface area (TPSA) is 157 Å². The monoisotopic (exact) mass is 774 g/mol. The van der Waals surface area contributed by atoms with Crippen molar-refractivity contribution in [2.75, 3.05) is 20.1 Å². The van der Waals surface area contributed by atoms with Gasteiger partial charge in [0.05, 0.1) is 31.6 Å². The lowest BCUT2D eigenvalue weighted by Gasteiger charge is -2.35. The number of esters is 1. The van der Waals surface area contributed by atoms with Crippen LogP contribution in [0.1, 0.15) is 59.1 Å². The predicted octanol–water partition coefficient (Wildman–Crippen LogP) is 5.67. The van der Waals surface area contributed by atoms with Crippen molar-refractivity contribution in [1.29, 1.82) is 0 Å². The third kappa shape index (κ3) is 7.90. The van der Waals surface area contributed by atoms with Gasteiger partial charge in [-0.1, -0.05) is 35.6 Å². The van der Waals surface area contributed by atoms with Crippen LogP contribution in [0.4, 0.5) is 0 Å². The van der Waals surface area contributed by atoms with Crippen molar-refractivity contribution in [2.24, 2.45) is 0 Å². The molecule has 0 spiro atoms. The van der Waals surface area contributed by atoms with Crippen LogP contribution < -0.4 is 15.7 Å². The van der Waals surface area contributed by atoms with Gasteiger partial charge in [0, 0.05) is 37.1 Å². The minimum absolute atomic E-state index is 0.00724. The smallest absolute Gasteiger partial charge is 0.349 e. The van der Waals surface area contributed by atoms with Crippen LogP contribution in [0.2, 0.25) is 0 Å². The van der Waals surface area contributed by atoms with Crippen LogP contribution in [0.3, 0.4) is 0 Å². The third-order valence-corrected chi connectivity index (χ3v) is 13.0. The first-order chi connectivity index (χ1) is 25.6. The van der Waals surface area contributed by atoms with Gasteiger partial charge in [0.15, 0.2) is 0 Å². The number of hydrogen-bond acceptors (Lipinski definition) is 12. The molecule has 2 aromatic carbocycles. The number of thiazole rings is 1. The molecule has 4 aromatic heterocycles. The molecule has 0 amide bonds. The molecule has 4 heterocycles. The zero-order chi connectivity index (χ0) is 37.1. The van der Waals surface area contributed by atoms with E-state index in [0.29, 0.717) is 45.4 Å². The van der Waals surface area contributed by atoms with E-state index >= 15 is 0 Å². The van der Waals surface area contributed by atoms with Gasteiger partial charge >= 0.3 is 10.8 Å². The first kappa shape index (κ1) is 37.2. The quantitative estimate of drug-likeness (QED) is 0.0881. The number of thiophene rings is 2. The maximum absolute atomic E-state index is 13.4. The lowest BCUT2D eigenvalue weighted by atomic mass is 9.91. The minimum Gasteiger partial charge on any atom is -0.506 e. The minimum atomic E-state index is -1.79. The fourth-order valence-electron chi connectivity index (χ4n) is 7.24. The van der Waals surface area contributed by atoms with Gasteiger partial charge in [0.1, 0.15) is 11.9 Å². The third-order valence-electron chi connectivity index (χ3n) is 10.1. The summed E-state index contributed by atoms with van der Waals surface area (Å²) in [6, 6.07) is 19.6. The highest BCUT2D eigenvalue weighted by molar-refractivity contribution is 7.16. The first-order valence-electron chi connectivity index (χ1n) is 17.7. The molecule has 1 aliphatic carbocycles. The summed E-state index contributed by atoms with van der Waals surface area (Å²) >= 11 is 3.91. The maximum atomic E-state index is 13.4. The van der Waals surface area contributed by atoms with E-state index in [2.05, 4.69) is 22.2 Å². The number of aromatic nitrogens is 2. The molecule has 0 aliphatic heterocycles. The van der Waals surface area contributed by atoms with Gasteiger partial charge in [-0.15, -0.1) is 22.7 Å². The van der Waals surface area contributed by atoms with Crippen molar-refractivity contribution in [1.82, 2.24) is 19.8 Å². The molecule has 5 N–H and O–H groups in total. The molecule has 0 unspecified atom stereocenters. The molecule has 53 heavy (non-hydrogen) atoms. The molecule has 6 aromatic rings. The van der Waals surface area contributed by atoms with E-state index < -0.39 is 17.7 Å². The molecule has 1 fully saturated rings. The Bertz CT molecular complexity index is 2260. The molecular formula is C39H42N4O7S3. The van der Waals surface area contributed by atoms with E-state index in [1.54, 1.807) is 24.3 Å². The van der Waals surface area contributed by atoms with E-state index in [0.717, 1.165) is 54.4 Å². The molecule has 278 valence electrons. The number of carbonyl (C=O) groups excluding carboxylic acids is 1. The molecule has 1 aliphatic rings. The lowest BCUT2D eigenvalue weighted by Crippen LogP contribution is -2.42. The SMILES string of the molecule is CN(CCCn1c(=O)sc2cc(CNC[C@H](O)c3ccc(O)c4[nH]c(=O)ccc34)ccc21)C1CCC(OC(=O)C(O)(c2cccs2)c2cccs2)CC1. The fourth-order valence-corrected chi connectivity index (χ4v) is 9.93. The Labute approximate surface area is 317 Å². The number of aromatic hydroxyl groups is 1. The number of ether oxygens (including phenoxy) is 1. The number of aromatic amines is 1. The second-order valence-electron chi connectivity index (χ2n) is 13.6. The Kier molecular flexibility index (Phi) is 11.3. The number of nitrogens with one attached hydrogen (secondary N) is 2. The van der Waals surface area contributed by atoms with Crippen molar-refractivity contribution in [3.8, 4) is 5.75 Å². The number of hydrogen-bond donors (Lipinski definition) is 5. The highest BCUT2D eigenvalue weighted by atomic mass is 32.1. The Morgan fingerprint density at radius 2 is 1.77 bits per heavy atom. The summed E-state index contributed by atoms with van der Waals surface area (Å²) in [5.41, 5.74) is 0.663. The summed E-state index contributed by atoms with van der Waals surface area (Å²) in [6.45, 7) is 2.17. The largest absolute Gasteiger partial charge is 0.506 e. The van der Waals surface area contributed by atoms with Gasteiger partial charge < -0.3 is 35.3 Å². The van der Waals surface area contributed by atoms with Gasteiger partial charge in [0.2, 0.25) is 11.2 Å². The van der Waals surface area contributed by atoms with Gasteiger partial charge in [0.25, 0.3) is 0 Å². The number of aliphatic hydroxyl groups excluding tert-OH is 1. The van der Waals surface area contributed by atoms with Gasteiger partial charge in [-0.2, -0.15) is 0 Å². The van der Waals surface area contributed by atoms with Crippen LogP contribution in [0.25, 0.3) is 21.1 Å². The molecule has 14 heteroatoms. The standard InChI is InChI=1S/C39H42N4O7S3/c1-42(25-8-10-26(11-9-25)50-37(47)39(49,33-5-2-19-51-33)34-6-3-20-52-34)17-4-18-43-29-14-7-24(21-32(29)53-38(43)48)22-40-23-31(45)27-12-15-30(44)36-28(27)13-16-35(46)41-36/h2-3,5-7,12-16,19-21,25-26,31,40,44-45,49H,4,8-11,17-18,22-23H2,1H3,(H,41,46)/t25?,26?,31-/m0/s1. The van der Waals surface area contributed by atoms with E-state index in [1.165, 1.54) is 46.1 Å². The molecule has 0 radical (unpaired) electrons. The second kappa shape index (κ2) is 16.1. The number of carbonyl (C=O) groups is 1. The number of aliphatic hydroxyl groups is 2. The average molecular weight is 775 g/mol. The molecule has 0 saturated heterocycles. The molecule has 1 saturated carbocycles. The van der Waals surface area contributed by atoms with Crippen molar-refractivity contribution in [3.05, 3.63) is 118 Å². The van der Waals surface area contributed by atoms with Crippen LogP contribution in [0, 0.1) is 0 Å². The number of phenols is 1. The summed E-state index contributed by atoms with van der Waals surface area (Å²) in [4.78, 5) is 44.2. The van der Waals surface area contributed by atoms with Crippen LogP contribution in [0.5, 0.6) is 5.75 Å². The summed E-state index contributed by atoms with van der Waals surface area (Å²) in [6.07, 6.45) is 2.92. The maximum Gasteiger partial charge on any atom is 0.349 e. The Hall–Kier alpha value is -4.15. The Balaban J connectivity index is 0.881. The molecule has 1 atom stereocenters. The van der Waals surface area contributed by atoms with Crippen LogP contribution in [0.15, 0.2) is 87.1 Å². The number of fused-ring (bicyclic) bond motifs is 2. The summed E-state index contributed by atoms with van der Waals surface area (Å²) in [5, 5.41) is 40.2. The normalized spacial score (nSPS) is 17.1. The molecule has 7 rings (SSSR count). The Morgan fingerprint density at radius 1 is 1.04 bits per heavy atom. The number of H-pyrrole nitrogens is 1. The first-order valence-corrected chi connectivity index (χ1v) is 20.3. The number of nitrogens with zero attached hydrogens (tertiary/aromatic N) is 2. The van der Waals surface area contributed by atoms with Gasteiger partial charge in [-0.3, -0.25) is 14.2 Å². The fraction of sp³-hybridized carbons (Fsp3) is 0.359. The number of rotatable bonds is 14. The van der Waals surface area contributed by atoms with E-state index in [4.69, 9.17) is 4.74 Å². The van der Waals surface area contributed by atoms with Crippen LogP contribution in [-0.4, -0.2) is 68.0 Å². The molecule has 11 nitrogen and oxygen atoms in total. The molecular weight excluding hydrogens is 733 g/mol. The second-order valence-corrected chi connectivity index (χ2v) is 16.5. The number of pyridine rings is 1. The lowest BCUT2D eigenvalue weighted by molar-refractivity contribution is -0.169. The Morgan fingerprint density at radius 3 is 2.47 bits per heavy atom. The molecule has 0 bridgehead atoms. The number of benzene rings is 2. The highest BCUT2D eigenvalue weighted by Crippen LogP contribution is 2.38. The summed E-state index contributed by atoms with van der Waals surface area (Å²) in [7, 11) is 2.11.